The smallest absolute Gasteiger partial charge is 0.328 e. The molecule has 88 valence electrons. The highest BCUT2D eigenvalue weighted by atomic mass is 16.4. The number of aliphatic carboxylic acids is 1. The van der Waals surface area contributed by atoms with E-state index in [1.807, 2.05) is 0 Å². The van der Waals surface area contributed by atoms with Crippen LogP contribution in [-0.2, 0) is 11.8 Å². The number of carboxylic acids is 1. The zero-order valence-electron chi connectivity index (χ0n) is 9.30. The largest absolute Gasteiger partial charge is 0.481 e. The minimum atomic E-state index is -0.709. The fourth-order valence-electron chi connectivity index (χ4n) is 2.36. The monoisotopic (exact) mass is 224 g/mol. The van der Waals surface area contributed by atoms with Crippen molar-refractivity contribution in [2.45, 2.75) is 31.7 Å². The number of aromatic nitrogens is 2. The summed E-state index contributed by atoms with van der Waals surface area (Å²) in [6.07, 6.45) is 6.42. The van der Waals surface area contributed by atoms with Crippen LogP contribution in [0.5, 0.6) is 0 Å². The molecule has 0 radical (unpaired) electrons. The molecule has 1 aliphatic rings. The summed E-state index contributed by atoms with van der Waals surface area (Å²) < 4.78 is 3.27. The number of nitrogens with zero attached hydrogens (tertiary/aromatic N) is 2. The number of imidazole rings is 1. The third kappa shape index (κ3) is 1.89. The van der Waals surface area contributed by atoms with Crippen LogP contribution in [0.2, 0.25) is 0 Å². The van der Waals surface area contributed by atoms with Gasteiger partial charge in [-0.25, -0.2) is 4.79 Å². The van der Waals surface area contributed by atoms with Gasteiger partial charge in [0.05, 0.1) is 5.92 Å². The second-order valence-electron chi connectivity index (χ2n) is 4.44. The van der Waals surface area contributed by atoms with Crippen LogP contribution in [0.1, 0.15) is 31.7 Å². The van der Waals surface area contributed by atoms with Gasteiger partial charge in [-0.2, -0.15) is 0 Å². The van der Waals surface area contributed by atoms with Crippen molar-refractivity contribution in [2.24, 2.45) is 13.0 Å². The Hall–Kier alpha value is -1.52. The maximum Gasteiger partial charge on any atom is 0.328 e. The molecular weight excluding hydrogens is 208 g/mol. The minimum absolute atomic E-state index is 0.0150. The molecule has 1 aromatic heterocycles. The average Bonchev–Trinajstić information content (AvgIpc) is 2.60. The first kappa shape index (κ1) is 11.0. The van der Waals surface area contributed by atoms with Crippen LogP contribution < -0.4 is 5.69 Å². The van der Waals surface area contributed by atoms with E-state index in [1.165, 1.54) is 0 Å². The summed E-state index contributed by atoms with van der Waals surface area (Å²) in [5, 5.41) is 8.88. The van der Waals surface area contributed by atoms with E-state index in [4.69, 9.17) is 5.11 Å². The lowest BCUT2D eigenvalue weighted by atomic mass is 9.86. The molecule has 0 atom stereocenters. The lowest BCUT2D eigenvalue weighted by Gasteiger charge is -2.26. The molecule has 0 aliphatic heterocycles. The summed E-state index contributed by atoms with van der Waals surface area (Å²) in [7, 11) is 1.72. The summed E-state index contributed by atoms with van der Waals surface area (Å²) >= 11 is 0. The lowest BCUT2D eigenvalue weighted by molar-refractivity contribution is -0.143. The van der Waals surface area contributed by atoms with Crippen LogP contribution in [0.4, 0.5) is 0 Å². The van der Waals surface area contributed by atoms with Gasteiger partial charge in [0.15, 0.2) is 0 Å². The number of hydrogen-bond acceptors (Lipinski definition) is 2. The predicted molar refractivity (Wildman–Crippen MR) is 58.3 cm³/mol. The molecule has 0 aromatic carbocycles. The van der Waals surface area contributed by atoms with E-state index in [1.54, 1.807) is 28.6 Å². The van der Waals surface area contributed by atoms with Gasteiger partial charge in [-0.05, 0) is 25.7 Å². The fourth-order valence-corrected chi connectivity index (χ4v) is 2.36. The third-order valence-electron chi connectivity index (χ3n) is 3.41. The van der Waals surface area contributed by atoms with Crippen LogP contribution in [-0.4, -0.2) is 20.2 Å². The number of carbonyl (C=O) groups is 1. The van der Waals surface area contributed by atoms with E-state index >= 15 is 0 Å². The molecule has 5 heteroatoms. The van der Waals surface area contributed by atoms with E-state index in [0.717, 1.165) is 12.8 Å². The first-order valence-electron chi connectivity index (χ1n) is 5.56. The van der Waals surface area contributed by atoms with Crippen molar-refractivity contribution < 1.29 is 9.90 Å². The maximum absolute atomic E-state index is 11.7. The highest BCUT2D eigenvalue weighted by molar-refractivity contribution is 5.70. The Morgan fingerprint density at radius 2 is 1.94 bits per heavy atom. The third-order valence-corrected chi connectivity index (χ3v) is 3.41. The minimum Gasteiger partial charge on any atom is -0.481 e. The van der Waals surface area contributed by atoms with E-state index in [-0.39, 0.29) is 17.6 Å². The van der Waals surface area contributed by atoms with Crippen molar-refractivity contribution in [3.63, 3.8) is 0 Å². The topological polar surface area (TPSA) is 64.2 Å². The quantitative estimate of drug-likeness (QED) is 0.815. The van der Waals surface area contributed by atoms with Gasteiger partial charge in [0.1, 0.15) is 0 Å². The number of hydrogen-bond donors (Lipinski definition) is 1. The fraction of sp³-hybridized carbons (Fsp3) is 0.636. The molecule has 1 fully saturated rings. The summed E-state index contributed by atoms with van der Waals surface area (Å²) in [6, 6.07) is 0.171. The van der Waals surface area contributed by atoms with E-state index in [9.17, 15) is 9.59 Å². The molecule has 1 aromatic rings. The molecule has 16 heavy (non-hydrogen) atoms. The molecule has 5 nitrogen and oxygen atoms in total. The normalized spacial score (nSPS) is 25.6. The summed E-state index contributed by atoms with van der Waals surface area (Å²) in [5.41, 5.74) is -0.0150. The highest BCUT2D eigenvalue weighted by Crippen LogP contribution is 2.31. The second-order valence-corrected chi connectivity index (χ2v) is 4.44. The Balaban J connectivity index is 2.07. The summed E-state index contributed by atoms with van der Waals surface area (Å²) in [6.45, 7) is 0. The summed E-state index contributed by atoms with van der Waals surface area (Å²) in [4.78, 5) is 22.5. The van der Waals surface area contributed by atoms with Crippen LogP contribution in [0, 0.1) is 5.92 Å². The maximum atomic E-state index is 11.7. The van der Waals surface area contributed by atoms with Gasteiger partial charge in [0, 0.05) is 25.5 Å². The Kier molecular flexibility index (Phi) is 2.85. The van der Waals surface area contributed by atoms with Gasteiger partial charge in [0.2, 0.25) is 0 Å². The summed E-state index contributed by atoms with van der Waals surface area (Å²) in [5.74, 6) is -0.936. The molecule has 0 unspecified atom stereocenters. The Morgan fingerprint density at radius 3 is 2.38 bits per heavy atom. The van der Waals surface area contributed by atoms with Crippen LogP contribution in [0.3, 0.4) is 0 Å². The molecule has 0 bridgehead atoms. The molecule has 0 spiro atoms. The first-order chi connectivity index (χ1) is 7.59. The molecule has 1 aliphatic carbocycles. The van der Waals surface area contributed by atoms with Crippen molar-refractivity contribution in [3.05, 3.63) is 22.9 Å². The van der Waals surface area contributed by atoms with Crippen LogP contribution in [0.15, 0.2) is 17.2 Å². The first-order valence-corrected chi connectivity index (χ1v) is 5.56. The van der Waals surface area contributed by atoms with Crippen molar-refractivity contribution in [1.29, 1.82) is 0 Å². The van der Waals surface area contributed by atoms with Crippen molar-refractivity contribution in [1.82, 2.24) is 9.13 Å². The highest BCUT2D eigenvalue weighted by Gasteiger charge is 2.27. The number of aryl methyl sites for hydroxylation is 1. The number of carboxylic acid groups (broad SMARTS) is 1. The van der Waals surface area contributed by atoms with Gasteiger partial charge in [-0.3, -0.25) is 9.36 Å². The van der Waals surface area contributed by atoms with Crippen molar-refractivity contribution in [2.75, 3.05) is 0 Å². The SMILES string of the molecule is Cn1ccn(C2CCC(C(=O)O)CC2)c1=O. The van der Waals surface area contributed by atoms with Gasteiger partial charge >= 0.3 is 11.7 Å². The van der Waals surface area contributed by atoms with Gasteiger partial charge < -0.3 is 9.67 Å². The molecule has 2 rings (SSSR count). The lowest BCUT2D eigenvalue weighted by Crippen LogP contribution is -2.30. The van der Waals surface area contributed by atoms with Crippen LogP contribution >= 0.6 is 0 Å². The Morgan fingerprint density at radius 1 is 1.31 bits per heavy atom. The second kappa shape index (κ2) is 4.15. The molecule has 0 saturated heterocycles. The standard InChI is InChI=1S/C11H16N2O3/c1-12-6-7-13(11(12)16)9-4-2-8(3-5-9)10(14)15/h6-9H,2-5H2,1H3,(H,14,15). The van der Waals surface area contributed by atoms with Gasteiger partial charge in [-0.1, -0.05) is 0 Å². The van der Waals surface area contributed by atoms with Gasteiger partial charge in [-0.15, -0.1) is 0 Å². The zero-order chi connectivity index (χ0) is 11.7. The molecule has 1 N–H and O–H groups in total. The average molecular weight is 224 g/mol. The molecular formula is C11H16N2O3. The van der Waals surface area contributed by atoms with Crippen LogP contribution in [0.25, 0.3) is 0 Å². The zero-order valence-corrected chi connectivity index (χ0v) is 9.30. The Labute approximate surface area is 93.3 Å². The Bertz CT molecular complexity index is 438. The predicted octanol–water partition coefficient (Wildman–Crippen LogP) is 1.00. The van der Waals surface area contributed by atoms with Gasteiger partial charge in [0.25, 0.3) is 0 Å². The van der Waals surface area contributed by atoms with E-state index in [2.05, 4.69) is 0 Å². The van der Waals surface area contributed by atoms with E-state index in [0.29, 0.717) is 12.8 Å². The molecule has 0 amide bonds. The van der Waals surface area contributed by atoms with Crippen molar-refractivity contribution >= 4 is 5.97 Å². The van der Waals surface area contributed by atoms with E-state index < -0.39 is 5.97 Å². The molecule has 1 saturated carbocycles. The number of rotatable bonds is 2. The molecule has 1 heterocycles. The van der Waals surface area contributed by atoms with Crippen molar-refractivity contribution in [3.8, 4) is 0 Å².